The summed E-state index contributed by atoms with van der Waals surface area (Å²) in [6.45, 7) is 4.70. The van der Waals surface area contributed by atoms with Gasteiger partial charge in [0.25, 0.3) is 0 Å². The average molecular weight is 232 g/mol. The number of nitrogens with one attached hydrogen (secondary N) is 1. The van der Waals surface area contributed by atoms with Crippen molar-refractivity contribution in [1.82, 2.24) is 15.1 Å². The van der Waals surface area contributed by atoms with Crippen molar-refractivity contribution in [3.63, 3.8) is 0 Å². The van der Waals surface area contributed by atoms with Crippen molar-refractivity contribution in [2.24, 2.45) is 0 Å². The maximum atomic E-state index is 9.20. The van der Waals surface area contributed by atoms with E-state index >= 15 is 0 Å². The summed E-state index contributed by atoms with van der Waals surface area (Å²) in [5, 5.41) is 17.2. The molecule has 86 valence electrons. The Hall–Kier alpha value is -0.580. The second kappa shape index (κ2) is 4.96. The number of aliphatic hydroxyl groups excluding tert-OH is 1. The zero-order valence-corrected chi connectivity index (χ0v) is 10.2. The third-order valence-corrected chi connectivity index (χ3v) is 3.10. The topological polar surface area (TPSA) is 50.1 Å². The minimum atomic E-state index is -0.258. The molecule has 0 aliphatic carbocycles. The Morgan fingerprint density at radius 3 is 2.73 bits per heavy atom. The fourth-order valence-corrected chi connectivity index (χ4v) is 1.40. The molecule has 0 spiro atoms. The van der Waals surface area contributed by atoms with Gasteiger partial charge in [0, 0.05) is 18.3 Å². The van der Waals surface area contributed by atoms with Crippen molar-refractivity contribution < 1.29 is 5.11 Å². The summed E-state index contributed by atoms with van der Waals surface area (Å²) < 4.78 is 1.81. The Balaban J connectivity index is 2.56. The van der Waals surface area contributed by atoms with Gasteiger partial charge in [-0.05, 0) is 27.3 Å². The molecule has 1 unspecified atom stereocenters. The number of aromatic nitrogens is 2. The van der Waals surface area contributed by atoms with E-state index < -0.39 is 0 Å². The fourth-order valence-electron chi connectivity index (χ4n) is 1.25. The quantitative estimate of drug-likeness (QED) is 0.801. The van der Waals surface area contributed by atoms with Gasteiger partial charge in [0.15, 0.2) is 0 Å². The SMILES string of the molecule is CNC(C)(CO)CCn1cc(Cl)c(C)n1. The smallest absolute Gasteiger partial charge is 0.0814 e. The van der Waals surface area contributed by atoms with Crippen LogP contribution in [0.5, 0.6) is 0 Å². The number of rotatable bonds is 5. The number of hydrogen-bond donors (Lipinski definition) is 2. The molecule has 15 heavy (non-hydrogen) atoms. The summed E-state index contributed by atoms with van der Waals surface area (Å²) in [6.07, 6.45) is 2.61. The zero-order valence-electron chi connectivity index (χ0n) is 9.42. The van der Waals surface area contributed by atoms with E-state index in [2.05, 4.69) is 10.4 Å². The molecule has 1 rings (SSSR count). The maximum absolute atomic E-state index is 9.20. The number of halogens is 1. The number of aliphatic hydroxyl groups is 1. The van der Waals surface area contributed by atoms with Gasteiger partial charge < -0.3 is 10.4 Å². The minimum absolute atomic E-state index is 0.109. The highest BCUT2D eigenvalue weighted by Gasteiger charge is 2.20. The lowest BCUT2D eigenvalue weighted by Crippen LogP contribution is -2.44. The first-order valence-electron chi connectivity index (χ1n) is 5.00. The van der Waals surface area contributed by atoms with E-state index in [1.807, 2.05) is 31.8 Å². The molecule has 0 fully saturated rings. The molecule has 0 aliphatic rings. The van der Waals surface area contributed by atoms with E-state index in [1.165, 1.54) is 0 Å². The number of aryl methyl sites for hydroxylation is 2. The number of hydrogen-bond acceptors (Lipinski definition) is 3. The van der Waals surface area contributed by atoms with Gasteiger partial charge in [-0.1, -0.05) is 11.6 Å². The van der Waals surface area contributed by atoms with Crippen LogP contribution in [0.4, 0.5) is 0 Å². The van der Waals surface area contributed by atoms with E-state index in [1.54, 1.807) is 0 Å². The van der Waals surface area contributed by atoms with Crippen molar-refractivity contribution >= 4 is 11.6 Å². The molecular formula is C10H18ClN3O. The summed E-state index contributed by atoms with van der Waals surface area (Å²) in [4.78, 5) is 0. The van der Waals surface area contributed by atoms with Crippen LogP contribution >= 0.6 is 11.6 Å². The molecule has 4 nitrogen and oxygen atoms in total. The fraction of sp³-hybridized carbons (Fsp3) is 0.700. The minimum Gasteiger partial charge on any atom is -0.394 e. The summed E-state index contributed by atoms with van der Waals surface area (Å²) >= 11 is 5.90. The number of nitrogens with zero attached hydrogens (tertiary/aromatic N) is 2. The first-order valence-corrected chi connectivity index (χ1v) is 5.38. The molecule has 1 atom stereocenters. The highest BCUT2D eigenvalue weighted by Crippen LogP contribution is 2.14. The molecule has 0 aromatic carbocycles. The monoisotopic (exact) mass is 231 g/mol. The van der Waals surface area contributed by atoms with Gasteiger partial charge in [-0.2, -0.15) is 5.10 Å². The molecule has 0 amide bonds. The van der Waals surface area contributed by atoms with Crippen LogP contribution in [0.2, 0.25) is 5.02 Å². The lowest BCUT2D eigenvalue weighted by atomic mass is 10.00. The first-order chi connectivity index (χ1) is 7.00. The second-order valence-corrected chi connectivity index (χ2v) is 4.45. The van der Waals surface area contributed by atoms with Gasteiger partial charge in [-0.3, -0.25) is 4.68 Å². The Kier molecular flexibility index (Phi) is 4.13. The Labute approximate surface area is 95.2 Å². The number of likely N-dealkylation sites (N-methyl/N-ethyl adjacent to an activating group) is 1. The van der Waals surface area contributed by atoms with Crippen LogP contribution in [0, 0.1) is 6.92 Å². The van der Waals surface area contributed by atoms with Gasteiger partial charge in [0.1, 0.15) is 0 Å². The van der Waals surface area contributed by atoms with E-state index in [-0.39, 0.29) is 12.1 Å². The zero-order chi connectivity index (χ0) is 11.5. The van der Waals surface area contributed by atoms with Crippen LogP contribution in [0.1, 0.15) is 19.0 Å². The van der Waals surface area contributed by atoms with Crippen molar-refractivity contribution in [2.45, 2.75) is 32.4 Å². The molecule has 2 N–H and O–H groups in total. The predicted octanol–water partition coefficient (Wildman–Crippen LogP) is 1.21. The van der Waals surface area contributed by atoms with Crippen LogP contribution in [-0.2, 0) is 6.54 Å². The molecule has 0 bridgehead atoms. The van der Waals surface area contributed by atoms with Crippen molar-refractivity contribution in [1.29, 1.82) is 0 Å². The molecule has 0 saturated heterocycles. The van der Waals surface area contributed by atoms with Crippen LogP contribution in [0.3, 0.4) is 0 Å². The van der Waals surface area contributed by atoms with Gasteiger partial charge >= 0.3 is 0 Å². The third-order valence-electron chi connectivity index (χ3n) is 2.73. The maximum Gasteiger partial charge on any atom is 0.0814 e. The third kappa shape index (κ3) is 3.19. The largest absolute Gasteiger partial charge is 0.394 e. The second-order valence-electron chi connectivity index (χ2n) is 4.04. The van der Waals surface area contributed by atoms with Gasteiger partial charge in [0.05, 0.1) is 17.3 Å². The molecule has 1 aromatic rings. The van der Waals surface area contributed by atoms with E-state index in [0.717, 1.165) is 18.7 Å². The van der Waals surface area contributed by atoms with Crippen molar-refractivity contribution in [3.8, 4) is 0 Å². The molecular weight excluding hydrogens is 214 g/mol. The van der Waals surface area contributed by atoms with Crippen molar-refractivity contribution in [3.05, 3.63) is 16.9 Å². The van der Waals surface area contributed by atoms with Gasteiger partial charge in [-0.25, -0.2) is 0 Å². The molecule has 0 radical (unpaired) electrons. The molecule has 1 heterocycles. The molecule has 0 saturated carbocycles. The first kappa shape index (κ1) is 12.5. The van der Waals surface area contributed by atoms with E-state index in [4.69, 9.17) is 11.6 Å². The summed E-state index contributed by atoms with van der Waals surface area (Å²) in [6, 6.07) is 0. The van der Waals surface area contributed by atoms with Crippen LogP contribution in [0.15, 0.2) is 6.20 Å². The Morgan fingerprint density at radius 1 is 1.67 bits per heavy atom. The Bertz CT molecular complexity index is 301. The average Bonchev–Trinajstić information content (AvgIpc) is 2.55. The van der Waals surface area contributed by atoms with Crippen LogP contribution in [0.25, 0.3) is 0 Å². The molecule has 0 aliphatic heterocycles. The summed E-state index contributed by atoms with van der Waals surface area (Å²) in [7, 11) is 1.84. The normalized spacial score (nSPS) is 15.3. The van der Waals surface area contributed by atoms with Crippen LogP contribution < -0.4 is 5.32 Å². The molecule has 5 heteroatoms. The standard InChI is InChI=1S/C10H18ClN3O/c1-8-9(11)6-14(13-8)5-4-10(2,7-15)12-3/h6,12,15H,4-5,7H2,1-3H3. The highest BCUT2D eigenvalue weighted by molar-refractivity contribution is 6.31. The lowest BCUT2D eigenvalue weighted by Gasteiger charge is -2.26. The molecule has 1 aromatic heterocycles. The lowest BCUT2D eigenvalue weighted by molar-refractivity contribution is 0.167. The van der Waals surface area contributed by atoms with E-state index in [0.29, 0.717) is 5.02 Å². The summed E-state index contributed by atoms with van der Waals surface area (Å²) in [5.41, 5.74) is 0.582. The van der Waals surface area contributed by atoms with Crippen LogP contribution in [-0.4, -0.2) is 34.1 Å². The van der Waals surface area contributed by atoms with E-state index in [9.17, 15) is 5.11 Å². The van der Waals surface area contributed by atoms with Crippen molar-refractivity contribution in [2.75, 3.05) is 13.7 Å². The highest BCUT2D eigenvalue weighted by atomic mass is 35.5. The van der Waals surface area contributed by atoms with Gasteiger partial charge in [-0.15, -0.1) is 0 Å². The predicted molar refractivity (Wildman–Crippen MR) is 61.1 cm³/mol. The Morgan fingerprint density at radius 2 is 2.33 bits per heavy atom. The van der Waals surface area contributed by atoms with Gasteiger partial charge in [0.2, 0.25) is 0 Å². The summed E-state index contributed by atoms with van der Waals surface area (Å²) in [5.74, 6) is 0.